The van der Waals surface area contributed by atoms with Crippen LogP contribution in [0.3, 0.4) is 0 Å². The number of hydrogen-bond acceptors (Lipinski definition) is 5. The van der Waals surface area contributed by atoms with Gasteiger partial charge >= 0.3 is 5.69 Å². The van der Waals surface area contributed by atoms with Crippen LogP contribution in [0, 0.1) is 10.1 Å². The van der Waals surface area contributed by atoms with E-state index in [1.807, 2.05) is 12.2 Å². The predicted octanol–water partition coefficient (Wildman–Crippen LogP) is 1.69. The number of sulfonamides is 1. The average molecular weight is 298 g/mol. The van der Waals surface area contributed by atoms with Crippen LogP contribution in [0.5, 0.6) is 5.75 Å². The fourth-order valence-corrected chi connectivity index (χ4v) is 3.31. The topological polar surface area (TPSA) is 110 Å². The second-order valence-corrected chi connectivity index (χ2v) is 6.22. The summed E-state index contributed by atoms with van der Waals surface area (Å²) in [6.07, 6.45) is 5.96. The molecule has 0 fully saturated rings. The van der Waals surface area contributed by atoms with E-state index in [0.29, 0.717) is 12.8 Å². The Morgan fingerprint density at radius 3 is 2.70 bits per heavy atom. The Balaban J connectivity index is 2.27. The Morgan fingerprint density at radius 1 is 1.35 bits per heavy atom. The summed E-state index contributed by atoms with van der Waals surface area (Å²) in [5.74, 6) is -0.561. The third-order valence-electron chi connectivity index (χ3n) is 3.04. The Bertz CT molecular complexity index is 654. The first-order valence-corrected chi connectivity index (χ1v) is 7.53. The molecule has 0 radical (unpaired) electrons. The molecule has 0 heterocycles. The quantitative estimate of drug-likeness (QED) is 0.499. The van der Waals surface area contributed by atoms with Gasteiger partial charge in [0.15, 0.2) is 5.75 Å². The van der Waals surface area contributed by atoms with Crippen LogP contribution in [0.15, 0.2) is 35.2 Å². The van der Waals surface area contributed by atoms with Crippen LogP contribution in [0.4, 0.5) is 5.69 Å². The summed E-state index contributed by atoms with van der Waals surface area (Å²) in [6.45, 7) is 0. The van der Waals surface area contributed by atoms with Gasteiger partial charge in [0.1, 0.15) is 0 Å². The average Bonchev–Trinajstić information content (AvgIpc) is 2.39. The van der Waals surface area contributed by atoms with E-state index in [9.17, 15) is 23.6 Å². The van der Waals surface area contributed by atoms with Crippen molar-refractivity contribution in [2.75, 3.05) is 0 Å². The molecule has 0 saturated carbocycles. The number of nitrogens with one attached hydrogen (secondary N) is 1. The number of aromatic hydroxyl groups is 1. The lowest BCUT2D eigenvalue weighted by Gasteiger charge is -2.19. The zero-order chi connectivity index (χ0) is 14.8. The first kappa shape index (κ1) is 14.5. The summed E-state index contributed by atoms with van der Waals surface area (Å²) in [5, 5.41) is 20.0. The minimum absolute atomic E-state index is 0.210. The summed E-state index contributed by atoms with van der Waals surface area (Å²) in [7, 11) is -3.83. The molecule has 1 aromatic rings. The summed E-state index contributed by atoms with van der Waals surface area (Å²) in [4.78, 5) is 9.66. The molecule has 2 rings (SSSR count). The maximum Gasteiger partial charge on any atom is 0.312 e. The lowest BCUT2D eigenvalue weighted by Crippen LogP contribution is -2.35. The summed E-state index contributed by atoms with van der Waals surface area (Å²) in [6, 6.07) is 2.80. The molecule has 0 bridgehead atoms. The molecule has 0 aliphatic heterocycles. The number of allylic oxidation sites excluding steroid dienone is 1. The predicted molar refractivity (Wildman–Crippen MR) is 71.9 cm³/mol. The molecule has 8 heteroatoms. The van der Waals surface area contributed by atoms with Gasteiger partial charge in [-0.3, -0.25) is 10.1 Å². The molecule has 108 valence electrons. The molecular formula is C12H14N2O5S. The minimum Gasteiger partial charge on any atom is -0.502 e. The van der Waals surface area contributed by atoms with Crippen LogP contribution in [0.25, 0.3) is 0 Å². The van der Waals surface area contributed by atoms with Crippen LogP contribution < -0.4 is 4.72 Å². The summed E-state index contributed by atoms with van der Waals surface area (Å²) >= 11 is 0. The smallest absolute Gasteiger partial charge is 0.312 e. The molecule has 0 amide bonds. The molecule has 1 aliphatic carbocycles. The first-order chi connectivity index (χ1) is 9.40. The fraction of sp³-hybridized carbons (Fsp3) is 0.333. The van der Waals surface area contributed by atoms with Gasteiger partial charge in [-0.1, -0.05) is 12.2 Å². The van der Waals surface area contributed by atoms with Crippen LogP contribution in [-0.4, -0.2) is 24.5 Å². The number of benzene rings is 1. The maximum absolute atomic E-state index is 12.1. The molecule has 1 unspecified atom stereocenters. The second kappa shape index (κ2) is 5.59. The van der Waals surface area contributed by atoms with Crippen LogP contribution in [0.2, 0.25) is 0 Å². The van der Waals surface area contributed by atoms with Crippen molar-refractivity contribution in [3.8, 4) is 5.75 Å². The highest BCUT2D eigenvalue weighted by Crippen LogP contribution is 2.28. The van der Waals surface area contributed by atoms with Gasteiger partial charge in [0, 0.05) is 12.1 Å². The van der Waals surface area contributed by atoms with Gasteiger partial charge in [0.25, 0.3) is 0 Å². The van der Waals surface area contributed by atoms with E-state index in [0.717, 1.165) is 24.6 Å². The summed E-state index contributed by atoms with van der Waals surface area (Å²) in [5.41, 5.74) is -0.628. The lowest BCUT2D eigenvalue weighted by atomic mass is 10.0. The first-order valence-electron chi connectivity index (χ1n) is 6.05. The highest BCUT2D eigenvalue weighted by Gasteiger charge is 2.24. The third-order valence-corrected chi connectivity index (χ3v) is 4.56. The number of nitro groups is 1. The van der Waals surface area contributed by atoms with Gasteiger partial charge in [0.2, 0.25) is 10.0 Å². The normalized spacial score (nSPS) is 18.9. The molecule has 0 spiro atoms. The monoisotopic (exact) mass is 298 g/mol. The van der Waals surface area contributed by atoms with E-state index in [1.54, 1.807) is 0 Å². The Morgan fingerprint density at radius 2 is 2.10 bits per heavy atom. The van der Waals surface area contributed by atoms with Crippen molar-refractivity contribution in [3.63, 3.8) is 0 Å². The van der Waals surface area contributed by atoms with E-state index in [1.165, 1.54) is 0 Å². The number of rotatable bonds is 4. The number of phenolic OH excluding ortho intramolecular Hbond substituents is 1. The van der Waals surface area contributed by atoms with Crippen LogP contribution in [0.1, 0.15) is 19.3 Å². The van der Waals surface area contributed by atoms with Gasteiger partial charge in [-0.05, 0) is 31.4 Å². The van der Waals surface area contributed by atoms with E-state index < -0.39 is 26.4 Å². The zero-order valence-electron chi connectivity index (χ0n) is 10.5. The minimum atomic E-state index is -3.83. The fourth-order valence-electron chi connectivity index (χ4n) is 2.00. The standard InChI is InChI=1S/C12H14N2O5S/c15-12-7-6-10(8-11(12)14(16)17)20(18,19)13-9-4-2-1-3-5-9/h1-2,6-9,13,15H,3-5H2. The number of nitrogens with zero attached hydrogens (tertiary/aromatic N) is 1. The maximum atomic E-state index is 12.1. The van der Waals surface area contributed by atoms with Gasteiger partial charge < -0.3 is 5.11 Å². The number of hydrogen-bond donors (Lipinski definition) is 2. The highest BCUT2D eigenvalue weighted by molar-refractivity contribution is 7.89. The van der Waals surface area contributed by atoms with Crippen molar-refractivity contribution in [1.82, 2.24) is 4.72 Å². The van der Waals surface area contributed by atoms with E-state index in [-0.39, 0.29) is 10.9 Å². The van der Waals surface area contributed by atoms with Crippen molar-refractivity contribution < 1.29 is 18.4 Å². The summed E-state index contributed by atoms with van der Waals surface area (Å²) < 4.78 is 26.8. The lowest BCUT2D eigenvalue weighted by molar-refractivity contribution is -0.386. The molecule has 1 atom stereocenters. The van der Waals surface area contributed by atoms with Crippen LogP contribution in [-0.2, 0) is 10.0 Å². The van der Waals surface area contributed by atoms with E-state index in [4.69, 9.17) is 0 Å². The highest BCUT2D eigenvalue weighted by atomic mass is 32.2. The molecule has 7 nitrogen and oxygen atoms in total. The Hall–Kier alpha value is -1.93. The van der Waals surface area contributed by atoms with Gasteiger partial charge in [-0.2, -0.15) is 0 Å². The van der Waals surface area contributed by atoms with E-state index in [2.05, 4.69) is 4.72 Å². The zero-order valence-corrected chi connectivity index (χ0v) is 11.3. The largest absolute Gasteiger partial charge is 0.502 e. The van der Waals surface area contributed by atoms with Crippen molar-refractivity contribution >= 4 is 15.7 Å². The molecule has 1 aliphatic rings. The molecule has 2 N–H and O–H groups in total. The SMILES string of the molecule is O=[N+]([O-])c1cc(S(=O)(=O)NC2CC=CCC2)ccc1O. The molecule has 20 heavy (non-hydrogen) atoms. The number of nitro benzene ring substituents is 1. The van der Waals surface area contributed by atoms with Crippen molar-refractivity contribution in [3.05, 3.63) is 40.5 Å². The van der Waals surface area contributed by atoms with Crippen molar-refractivity contribution in [2.24, 2.45) is 0 Å². The number of phenols is 1. The Kier molecular flexibility index (Phi) is 4.05. The molecular weight excluding hydrogens is 284 g/mol. The molecule has 0 aromatic heterocycles. The Labute approximate surface area is 116 Å². The van der Waals surface area contributed by atoms with Crippen LogP contribution >= 0.6 is 0 Å². The van der Waals surface area contributed by atoms with Gasteiger partial charge in [-0.25, -0.2) is 13.1 Å². The second-order valence-electron chi connectivity index (χ2n) is 4.51. The molecule has 1 aromatic carbocycles. The van der Waals surface area contributed by atoms with Crippen molar-refractivity contribution in [1.29, 1.82) is 0 Å². The van der Waals surface area contributed by atoms with E-state index >= 15 is 0 Å². The van der Waals surface area contributed by atoms with Crippen molar-refractivity contribution in [2.45, 2.75) is 30.2 Å². The van der Waals surface area contributed by atoms with Gasteiger partial charge in [-0.15, -0.1) is 0 Å². The third kappa shape index (κ3) is 3.14. The molecule has 0 saturated heterocycles. The van der Waals surface area contributed by atoms with Gasteiger partial charge in [0.05, 0.1) is 9.82 Å².